The molecule has 0 aliphatic heterocycles. The van der Waals surface area contributed by atoms with E-state index in [-0.39, 0.29) is 38.3 Å². The first kappa shape index (κ1) is 26.3. The van der Waals surface area contributed by atoms with Gasteiger partial charge in [0, 0.05) is 24.6 Å². The predicted octanol–water partition coefficient (Wildman–Crippen LogP) is 1.47. The van der Waals surface area contributed by atoms with Gasteiger partial charge in [0.05, 0.1) is 0 Å². The minimum absolute atomic E-state index is 0.215. The van der Waals surface area contributed by atoms with Gasteiger partial charge in [0.25, 0.3) is 0 Å². The molecule has 0 spiro atoms. The van der Waals surface area contributed by atoms with Crippen LogP contribution in [0, 0.1) is 5.41 Å². The molecule has 0 saturated heterocycles. The van der Waals surface area contributed by atoms with Crippen LogP contribution in [0.15, 0.2) is 38.0 Å². The first-order valence-corrected chi connectivity index (χ1v) is 12.8. The van der Waals surface area contributed by atoms with Crippen molar-refractivity contribution >= 4 is 58.9 Å². The van der Waals surface area contributed by atoms with Crippen LogP contribution in [0.3, 0.4) is 0 Å². The third-order valence-electron chi connectivity index (χ3n) is 3.23. The molecule has 0 amide bonds. The summed E-state index contributed by atoms with van der Waals surface area (Å²) in [6.07, 6.45) is 3.75. The number of carbonyl (C=O) groups excluding carboxylic acids is 4. The van der Waals surface area contributed by atoms with Gasteiger partial charge in [-0.15, -0.1) is 0 Å². The summed E-state index contributed by atoms with van der Waals surface area (Å²) in [5, 5.41) is 0. The number of halogens is 1. The molecule has 0 aromatic carbocycles. The molecule has 0 radical (unpaired) electrons. The highest BCUT2D eigenvalue weighted by Crippen LogP contribution is 2.39. The molecule has 0 aliphatic rings. The normalized spacial score (nSPS) is 11.5. The van der Waals surface area contributed by atoms with Crippen molar-refractivity contribution in [1.82, 2.24) is 0 Å². The van der Waals surface area contributed by atoms with Crippen molar-refractivity contribution in [2.24, 2.45) is 5.41 Å². The van der Waals surface area contributed by atoms with Crippen LogP contribution in [0.4, 0.5) is 0 Å². The van der Waals surface area contributed by atoms with Gasteiger partial charge in [-0.3, -0.25) is 4.79 Å². The first-order chi connectivity index (χ1) is 13.2. The molecule has 1 unspecified atom stereocenters. The summed E-state index contributed by atoms with van der Waals surface area (Å²) in [7, 11) is 2.02. The SMILES string of the molecule is BP(I)CCC(=O)OCC(COC(=O)C=C)(COC(=O)C=C)COC(=O)C=C. The van der Waals surface area contributed by atoms with Gasteiger partial charge in [-0.05, 0) is 6.16 Å². The number of hydrogen-bond donors (Lipinski definition) is 0. The van der Waals surface area contributed by atoms with E-state index in [9.17, 15) is 19.2 Å². The van der Waals surface area contributed by atoms with Gasteiger partial charge in [-0.1, -0.05) is 47.2 Å². The molecular weight excluding hydrogens is 501 g/mol. The number of hydrogen-bond acceptors (Lipinski definition) is 8. The molecule has 0 N–H and O–H groups in total. The van der Waals surface area contributed by atoms with Crippen LogP contribution < -0.4 is 0 Å². The maximum absolute atomic E-state index is 12.0. The third-order valence-corrected chi connectivity index (χ3v) is 5.51. The topological polar surface area (TPSA) is 105 Å². The maximum atomic E-state index is 12.0. The van der Waals surface area contributed by atoms with Crippen LogP contribution in [0.1, 0.15) is 6.42 Å². The zero-order chi connectivity index (χ0) is 21.6. The molecule has 1 atom stereocenters. The molecule has 0 aromatic heterocycles. The van der Waals surface area contributed by atoms with Gasteiger partial charge in [-0.25, -0.2) is 14.4 Å². The minimum atomic E-state index is -1.30. The Balaban J connectivity index is 5.34. The highest BCUT2D eigenvalue weighted by Gasteiger charge is 2.37. The van der Waals surface area contributed by atoms with E-state index in [1.807, 2.05) is 7.57 Å². The Morgan fingerprint density at radius 1 is 0.821 bits per heavy atom. The summed E-state index contributed by atoms with van der Waals surface area (Å²) in [4.78, 5) is 46.4. The second-order valence-electron chi connectivity index (χ2n) is 5.67. The molecular formula is C17H23BIO8P. The fourth-order valence-corrected chi connectivity index (χ4v) is 2.86. The highest BCUT2D eigenvalue weighted by molar-refractivity contribution is 14.2. The molecule has 0 heterocycles. The van der Waals surface area contributed by atoms with Crippen molar-refractivity contribution in [3.63, 3.8) is 0 Å². The van der Waals surface area contributed by atoms with Crippen molar-refractivity contribution in [2.75, 3.05) is 32.6 Å². The standard InChI is InChI=1S/C17H23BIO8P/c1-4-13(20)24-9-17(10-25-14(21)5-2,11-26-15(22)6-3)12-27-16(23)7-8-28(18)19/h4-6H,1-3,7-12,18H2. The first-order valence-electron chi connectivity index (χ1n) is 8.08. The lowest BCUT2D eigenvalue weighted by atomic mass is 9.92. The van der Waals surface area contributed by atoms with E-state index in [0.717, 1.165) is 18.2 Å². The molecule has 28 heavy (non-hydrogen) atoms. The molecule has 8 nitrogen and oxygen atoms in total. The third kappa shape index (κ3) is 11.9. The lowest BCUT2D eigenvalue weighted by Crippen LogP contribution is -2.43. The summed E-state index contributed by atoms with van der Waals surface area (Å²) in [5.74, 6) is -2.66. The van der Waals surface area contributed by atoms with Crippen LogP contribution in [-0.4, -0.2) is 64.0 Å². The second kappa shape index (κ2) is 14.3. The summed E-state index contributed by atoms with van der Waals surface area (Å²) >= 11 is 2.25. The summed E-state index contributed by atoms with van der Waals surface area (Å²) in [6, 6.07) is 0. The number of carbonyl (C=O) groups is 4. The molecule has 0 rings (SSSR count). The van der Waals surface area contributed by atoms with Crippen molar-refractivity contribution in [3.8, 4) is 0 Å². The number of rotatable bonds is 14. The van der Waals surface area contributed by atoms with Crippen molar-refractivity contribution in [2.45, 2.75) is 6.42 Å². The van der Waals surface area contributed by atoms with Crippen LogP contribution in [-0.2, 0) is 38.1 Å². The Kier molecular flexibility index (Phi) is 13.5. The van der Waals surface area contributed by atoms with Crippen molar-refractivity contribution in [1.29, 1.82) is 0 Å². The molecule has 0 aromatic rings. The zero-order valence-electron chi connectivity index (χ0n) is 15.7. The fourth-order valence-electron chi connectivity index (χ4n) is 1.65. The van der Waals surface area contributed by atoms with E-state index < -0.39 is 29.3 Å². The van der Waals surface area contributed by atoms with Crippen LogP contribution in [0.25, 0.3) is 0 Å². The van der Waals surface area contributed by atoms with Gasteiger partial charge in [0.2, 0.25) is 0 Å². The predicted molar refractivity (Wildman–Crippen MR) is 116 cm³/mol. The Bertz CT molecular complexity index is 548. The van der Waals surface area contributed by atoms with E-state index >= 15 is 0 Å². The number of ether oxygens (including phenoxy) is 4. The second-order valence-corrected chi connectivity index (χ2v) is 12.3. The molecule has 0 aliphatic carbocycles. The zero-order valence-corrected chi connectivity index (χ0v) is 18.7. The average Bonchev–Trinajstić information content (AvgIpc) is 2.69. The molecule has 11 heteroatoms. The van der Waals surface area contributed by atoms with Crippen LogP contribution >= 0.6 is 27.5 Å². The fraction of sp³-hybridized carbons (Fsp3) is 0.412. The van der Waals surface area contributed by atoms with Gasteiger partial charge in [0.1, 0.15) is 39.4 Å². The number of esters is 4. The quantitative estimate of drug-likeness (QED) is 0.0841. The minimum Gasteiger partial charge on any atom is -0.465 e. The van der Waals surface area contributed by atoms with Gasteiger partial charge >= 0.3 is 23.9 Å². The Hall–Kier alpha value is -1.68. The summed E-state index contributed by atoms with van der Waals surface area (Å²) in [5.41, 5.74) is -1.60. The lowest BCUT2D eigenvalue weighted by Gasteiger charge is -2.31. The monoisotopic (exact) mass is 524 g/mol. The van der Waals surface area contributed by atoms with E-state index in [0.29, 0.717) is 6.16 Å². The van der Waals surface area contributed by atoms with E-state index in [4.69, 9.17) is 18.9 Å². The van der Waals surface area contributed by atoms with Crippen molar-refractivity contribution < 1.29 is 38.1 Å². The van der Waals surface area contributed by atoms with Gasteiger partial charge in [-0.2, -0.15) is 0 Å². The summed E-state index contributed by atoms with van der Waals surface area (Å²) < 4.78 is 20.4. The van der Waals surface area contributed by atoms with Gasteiger partial charge in [0.15, 0.2) is 0 Å². The Morgan fingerprint density at radius 3 is 1.50 bits per heavy atom. The van der Waals surface area contributed by atoms with E-state index in [1.165, 1.54) is 0 Å². The maximum Gasteiger partial charge on any atom is 0.330 e. The lowest BCUT2D eigenvalue weighted by molar-refractivity contribution is -0.165. The van der Waals surface area contributed by atoms with E-state index in [1.54, 1.807) is 0 Å². The highest BCUT2D eigenvalue weighted by atomic mass is 127. The molecule has 0 fully saturated rings. The summed E-state index contributed by atoms with van der Waals surface area (Å²) in [6.45, 7) is 8.57. The Morgan fingerprint density at radius 2 is 1.18 bits per heavy atom. The smallest absolute Gasteiger partial charge is 0.330 e. The average molecular weight is 524 g/mol. The Labute approximate surface area is 179 Å². The van der Waals surface area contributed by atoms with E-state index in [2.05, 4.69) is 41.8 Å². The molecule has 0 bridgehead atoms. The van der Waals surface area contributed by atoms with Crippen LogP contribution in [0.5, 0.6) is 0 Å². The molecule has 0 saturated carbocycles. The van der Waals surface area contributed by atoms with Crippen molar-refractivity contribution in [3.05, 3.63) is 38.0 Å². The van der Waals surface area contributed by atoms with Crippen LogP contribution in [0.2, 0.25) is 0 Å². The van der Waals surface area contributed by atoms with Gasteiger partial charge < -0.3 is 18.9 Å². The molecule has 154 valence electrons. The largest absolute Gasteiger partial charge is 0.465 e.